The van der Waals surface area contributed by atoms with E-state index in [2.05, 4.69) is 4.74 Å². The number of aliphatic hydroxyl groups excluding tert-OH is 1. The number of ether oxygens (including phenoxy) is 2. The van der Waals surface area contributed by atoms with Crippen molar-refractivity contribution in [2.75, 3.05) is 19.8 Å². The van der Waals surface area contributed by atoms with Crippen molar-refractivity contribution in [2.24, 2.45) is 0 Å². The first-order valence-corrected chi connectivity index (χ1v) is 6.45. The van der Waals surface area contributed by atoms with Crippen LogP contribution in [-0.2, 0) is 9.47 Å². The van der Waals surface area contributed by atoms with Crippen LogP contribution >= 0.6 is 0 Å². The van der Waals surface area contributed by atoms with Gasteiger partial charge in [-0.05, 0) is 32.1 Å². The first-order chi connectivity index (χ1) is 8.92. The zero-order valence-corrected chi connectivity index (χ0v) is 10.7. The van der Waals surface area contributed by atoms with Crippen molar-refractivity contribution in [3.63, 3.8) is 0 Å². The van der Waals surface area contributed by atoms with E-state index in [1.807, 2.05) is 0 Å². The largest absolute Gasteiger partial charge is 0.391 e. The second-order valence-corrected chi connectivity index (χ2v) is 4.80. The summed E-state index contributed by atoms with van der Waals surface area (Å²) in [7, 11) is 0. The molecule has 1 aliphatic heterocycles. The van der Waals surface area contributed by atoms with Crippen LogP contribution < -0.4 is 0 Å². The molecule has 0 spiro atoms. The first-order valence-electron chi connectivity index (χ1n) is 6.45. The summed E-state index contributed by atoms with van der Waals surface area (Å²) < 4.78 is 58.4. The summed E-state index contributed by atoms with van der Waals surface area (Å²) >= 11 is 0. The fourth-order valence-corrected chi connectivity index (χ4v) is 1.93. The van der Waals surface area contributed by atoms with Crippen molar-refractivity contribution in [1.82, 2.24) is 0 Å². The molecule has 0 amide bonds. The van der Waals surface area contributed by atoms with Crippen LogP contribution in [0.25, 0.3) is 0 Å². The summed E-state index contributed by atoms with van der Waals surface area (Å²) in [5, 5.41) is 9.46. The Bertz CT molecular complexity index is 245. The van der Waals surface area contributed by atoms with Gasteiger partial charge in [0.25, 0.3) is 0 Å². The van der Waals surface area contributed by atoms with E-state index in [0.29, 0.717) is 12.8 Å². The Morgan fingerprint density at radius 2 is 2.11 bits per heavy atom. The lowest BCUT2D eigenvalue weighted by Crippen LogP contribution is -2.33. The molecule has 1 aliphatic rings. The molecule has 7 heteroatoms. The van der Waals surface area contributed by atoms with Crippen LogP contribution in [-0.4, -0.2) is 49.5 Å². The maximum Gasteiger partial charge on any atom is 0.330 e. The highest BCUT2D eigenvalue weighted by atomic mass is 19.3. The summed E-state index contributed by atoms with van der Waals surface area (Å²) in [5.41, 5.74) is 0. The van der Waals surface area contributed by atoms with Gasteiger partial charge in [0, 0.05) is 6.61 Å². The van der Waals surface area contributed by atoms with Gasteiger partial charge in [-0.3, -0.25) is 0 Å². The van der Waals surface area contributed by atoms with Crippen LogP contribution in [0, 0.1) is 0 Å². The zero-order valence-electron chi connectivity index (χ0n) is 10.7. The Labute approximate surface area is 109 Å². The third kappa shape index (κ3) is 6.54. The number of rotatable bonds is 9. The number of hydrogen-bond donors (Lipinski definition) is 1. The van der Waals surface area contributed by atoms with Gasteiger partial charge in [-0.2, -0.15) is 8.78 Å². The van der Waals surface area contributed by atoms with Crippen LogP contribution in [0.1, 0.15) is 32.1 Å². The fourth-order valence-electron chi connectivity index (χ4n) is 1.93. The fraction of sp³-hybridized carbons (Fsp3) is 1.00. The van der Waals surface area contributed by atoms with E-state index in [1.54, 1.807) is 0 Å². The van der Waals surface area contributed by atoms with Gasteiger partial charge >= 0.3 is 12.3 Å². The van der Waals surface area contributed by atoms with Crippen LogP contribution in [0.3, 0.4) is 0 Å². The van der Waals surface area contributed by atoms with Gasteiger partial charge in [-0.15, -0.1) is 0 Å². The lowest BCUT2D eigenvalue weighted by molar-refractivity contribution is -0.170. The summed E-state index contributed by atoms with van der Waals surface area (Å²) in [6, 6.07) is 0. The average Bonchev–Trinajstić information content (AvgIpc) is 2.81. The van der Waals surface area contributed by atoms with E-state index >= 15 is 0 Å². The maximum absolute atomic E-state index is 12.5. The van der Waals surface area contributed by atoms with Gasteiger partial charge in [-0.1, -0.05) is 0 Å². The summed E-state index contributed by atoms with van der Waals surface area (Å²) in [6.07, 6.45) is -0.493. The van der Waals surface area contributed by atoms with Gasteiger partial charge in [0.15, 0.2) is 0 Å². The van der Waals surface area contributed by atoms with E-state index in [9.17, 15) is 22.7 Å². The highest BCUT2D eigenvalue weighted by Gasteiger charge is 2.41. The van der Waals surface area contributed by atoms with E-state index in [1.165, 1.54) is 0 Å². The summed E-state index contributed by atoms with van der Waals surface area (Å²) in [5.74, 6) is -4.16. The van der Waals surface area contributed by atoms with Crippen molar-refractivity contribution in [2.45, 2.75) is 56.7 Å². The zero-order chi connectivity index (χ0) is 14.3. The summed E-state index contributed by atoms with van der Waals surface area (Å²) in [6.45, 7) is -0.958. The van der Waals surface area contributed by atoms with Gasteiger partial charge < -0.3 is 14.6 Å². The molecule has 3 nitrogen and oxygen atoms in total. The smallest absolute Gasteiger partial charge is 0.330 e. The quantitative estimate of drug-likeness (QED) is 0.663. The molecular weight excluding hydrogens is 268 g/mol. The number of alkyl halides is 4. The molecule has 0 aromatic rings. The molecule has 1 rings (SSSR count). The van der Waals surface area contributed by atoms with E-state index in [-0.39, 0.29) is 12.7 Å². The number of hydrogen-bond acceptors (Lipinski definition) is 3. The maximum atomic E-state index is 12.5. The van der Waals surface area contributed by atoms with Crippen molar-refractivity contribution in [3.8, 4) is 0 Å². The molecule has 0 radical (unpaired) electrons. The van der Waals surface area contributed by atoms with E-state index in [0.717, 1.165) is 25.9 Å². The van der Waals surface area contributed by atoms with Crippen molar-refractivity contribution in [3.05, 3.63) is 0 Å². The average molecular weight is 288 g/mol. The van der Waals surface area contributed by atoms with Crippen LogP contribution in [0.4, 0.5) is 17.6 Å². The lowest BCUT2D eigenvalue weighted by atomic mass is 10.1. The molecule has 19 heavy (non-hydrogen) atoms. The predicted molar refractivity (Wildman–Crippen MR) is 60.6 cm³/mol. The van der Waals surface area contributed by atoms with Crippen LogP contribution in [0.2, 0.25) is 0 Å². The molecule has 1 saturated heterocycles. The SMILES string of the molecule is OC(CCCC1CCCO1)COCC(F)(F)C(F)F. The molecule has 2 unspecified atom stereocenters. The molecular formula is C12H20F4O3. The van der Waals surface area contributed by atoms with Crippen LogP contribution in [0.5, 0.6) is 0 Å². The van der Waals surface area contributed by atoms with Gasteiger partial charge in [0.05, 0.1) is 18.8 Å². The Morgan fingerprint density at radius 1 is 1.37 bits per heavy atom. The molecule has 0 saturated carbocycles. The van der Waals surface area contributed by atoms with Crippen molar-refractivity contribution < 1.29 is 32.1 Å². The third-order valence-electron chi connectivity index (χ3n) is 3.01. The Balaban J connectivity index is 2.02. The Kier molecular flexibility index (Phi) is 7.02. The molecule has 1 heterocycles. The molecule has 1 N–H and O–H groups in total. The van der Waals surface area contributed by atoms with E-state index in [4.69, 9.17) is 4.74 Å². The molecule has 2 atom stereocenters. The Morgan fingerprint density at radius 3 is 2.68 bits per heavy atom. The first kappa shape index (κ1) is 16.7. The lowest BCUT2D eigenvalue weighted by Gasteiger charge is -2.17. The molecule has 114 valence electrons. The van der Waals surface area contributed by atoms with Crippen molar-refractivity contribution >= 4 is 0 Å². The molecule has 0 aromatic heterocycles. The van der Waals surface area contributed by atoms with E-state index < -0.39 is 25.1 Å². The number of aliphatic hydroxyl groups is 1. The minimum atomic E-state index is -4.16. The molecule has 0 bridgehead atoms. The highest BCUT2D eigenvalue weighted by molar-refractivity contribution is 4.69. The number of halogens is 4. The second kappa shape index (κ2) is 8.01. The second-order valence-electron chi connectivity index (χ2n) is 4.80. The monoisotopic (exact) mass is 288 g/mol. The van der Waals surface area contributed by atoms with Crippen LogP contribution in [0.15, 0.2) is 0 Å². The predicted octanol–water partition coefficient (Wildman–Crippen LogP) is 2.61. The topological polar surface area (TPSA) is 38.7 Å². The van der Waals surface area contributed by atoms with Gasteiger partial charge in [0.2, 0.25) is 0 Å². The Hall–Kier alpha value is -0.400. The molecule has 0 aromatic carbocycles. The minimum Gasteiger partial charge on any atom is -0.391 e. The highest BCUT2D eigenvalue weighted by Crippen LogP contribution is 2.23. The van der Waals surface area contributed by atoms with Gasteiger partial charge in [-0.25, -0.2) is 8.78 Å². The van der Waals surface area contributed by atoms with Crippen molar-refractivity contribution in [1.29, 1.82) is 0 Å². The normalized spacial score (nSPS) is 22.1. The van der Waals surface area contributed by atoms with Gasteiger partial charge in [0.1, 0.15) is 6.61 Å². The molecule has 0 aliphatic carbocycles. The summed E-state index contributed by atoms with van der Waals surface area (Å²) in [4.78, 5) is 0. The minimum absolute atomic E-state index is 0.219. The third-order valence-corrected chi connectivity index (χ3v) is 3.01. The molecule has 1 fully saturated rings. The standard InChI is InChI=1S/C12H20F4O3/c13-11(14)12(15,16)8-18-7-9(17)3-1-4-10-5-2-6-19-10/h9-11,17H,1-8H2.